The van der Waals surface area contributed by atoms with Crippen molar-refractivity contribution in [3.8, 4) is 11.5 Å². The smallest absolute Gasteiger partial charge is 0.196 e. The minimum atomic E-state index is -0.509. The molecule has 0 radical (unpaired) electrons. The lowest BCUT2D eigenvalue weighted by Gasteiger charge is -2.19. The van der Waals surface area contributed by atoms with E-state index in [0.29, 0.717) is 24.7 Å². The fourth-order valence-corrected chi connectivity index (χ4v) is 2.55. The van der Waals surface area contributed by atoms with Crippen molar-refractivity contribution in [3.05, 3.63) is 57.3 Å². The summed E-state index contributed by atoms with van der Waals surface area (Å²) in [7, 11) is 0. The molecule has 1 aliphatic heterocycles. The summed E-state index contributed by atoms with van der Waals surface area (Å²) in [5, 5.41) is 0.260. The van der Waals surface area contributed by atoms with Crippen molar-refractivity contribution in [2.45, 2.75) is 0 Å². The highest BCUT2D eigenvalue weighted by Gasteiger charge is 2.21. The van der Waals surface area contributed by atoms with E-state index in [1.807, 2.05) is 0 Å². The fourth-order valence-electron chi connectivity index (χ4n) is 2.06. The number of ketones is 1. The van der Waals surface area contributed by atoms with Gasteiger partial charge < -0.3 is 9.47 Å². The molecular weight excluding hydrogens is 318 g/mol. The van der Waals surface area contributed by atoms with Crippen LogP contribution in [0.2, 0.25) is 10.0 Å². The summed E-state index contributed by atoms with van der Waals surface area (Å²) in [6, 6.07) is 6.62. The van der Waals surface area contributed by atoms with Crippen LogP contribution in [0.1, 0.15) is 15.9 Å². The number of benzene rings is 2. The van der Waals surface area contributed by atoms with Gasteiger partial charge in [-0.05, 0) is 24.3 Å². The molecule has 6 heteroatoms. The molecule has 3 nitrogen and oxygen atoms in total. The van der Waals surface area contributed by atoms with Crippen molar-refractivity contribution in [1.82, 2.24) is 0 Å². The van der Waals surface area contributed by atoms with E-state index in [4.69, 9.17) is 32.7 Å². The molecule has 3 rings (SSSR count). The van der Waals surface area contributed by atoms with Crippen molar-refractivity contribution in [3.63, 3.8) is 0 Å². The molecule has 0 atom stereocenters. The largest absolute Gasteiger partial charge is 0.486 e. The van der Waals surface area contributed by atoms with Gasteiger partial charge in [-0.2, -0.15) is 0 Å². The highest BCUT2D eigenvalue weighted by Crippen LogP contribution is 2.36. The Kier molecular flexibility index (Phi) is 3.74. The minimum Gasteiger partial charge on any atom is -0.486 e. The third-order valence-corrected chi connectivity index (χ3v) is 3.68. The van der Waals surface area contributed by atoms with Crippen molar-refractivity contribution in [1.29, 1.82) is 0 Å². The SMILES string of the molecule is O=C(c1ccc(F)cc1Cl)c1cc2c(cc1Cl)OCCO2. The van der Waals surface area contributed by atoms with E-state index < -0.39 is 11.6 Å². The molecule has 0 saturated heterocycles. The molecule has 0 N–H and O–H groups in total. The lowest BCUT2D eigenvalue weighted by atomic mass is 10.0. The zero-order chi connectivity index (χ0) is 15.0. The number of fused-ring (bicyclic) bond motifs is 1. The molecule has 2 aromatic carbocycles. The first-order valence-corrected chi connectivity index (χ1v) is 6.91. The second kappa shape index (κ2) is 5.54. The zero-order valence-electron chi connectivity index (χ0n) is 10.7. The molecule has 0 fully saturated rings. The molecule has 0 saturated carbocycles. The van der Waals surface area contributed by atoms with Gasteiger partial charge in [0.1, 0.15) is 19.0 Å². The van der Waals surface area contributed by atoms with Crippen LogP contribution in [-0.4, -0.2) is 19.0 Å². The third-order valence-electron chi connectivity index (χ3n) is 3.05. The summed E-state index contributed by atoms with van der Waals surface area (Å²) >= 11 is 12.0. The monoisotopic (exact) mass is 326 g/mol. The van der Waals surface area contributed by atoms with Gasteiger partial charge in [0, 0.05) is 17.2 Å². The summed E-state index contributed by atoms with van der Waals surface area (Å²) in [6.07, 6.45) is 0. The number of carbonyl (C=O) groups excluding carboxylic acids is 1. The first-order chi connectivity index (χ1) is 10.1. The van der Waals surface area contributed by atoms with Crippen LogP contribution in [-0.2, 0) is 0 Å². The van der Waals surface area contributed by atoms with Crippen LogP contribution in [0, 0.1) is 5.82 Å². The molecule has 0 spiro atoms. The van der Waals surface area contributed by atoms with Gasteiger partial charge in [0.25, 0.3) is 0 Å². The van der Waals surface area contributed by atoms with Gasteiger partial charge in [-0.15, -0.1) is 0 Å². The predicted molar refractivity (Wildman–Crippen MR) is 77.3 cm³/mol. The van der Waals surface area contributed by atoms with Crippen molar-refractivity contribution >= 4 is 29.0 Å². The van der Waals surface area contributed by atoms with Crippen LogP contribution in [0.25, 0.3) is 0 Å². The maximum absolute atomic E-state index is 13.1. The van der Waals surface area contributed by atoms with E-state index >= 15 is 0 Å². The molecule has 2 aromatic rings. The van der Waals surface area contributed by atoms with Crippen LogP contribution in [0.4, 0.5) is 4.39 Å². The van der Waals surface area contributed by atoms with Gasteiger partial charge in [0.15, 0.2) is 17.3 Å². The minimum absolute atomic E-state index is 0.0333. The van der Waals surface area contributed by atoms with Gasteiger partial charge >= 0.3 is 0 Å². The molecule has 0 amide bonds. The topological polar surface area (TPSA) is 35.5 Å². The van der Waals surface area contributed by atoms with Crippen molar-refractivity contribution in [2.24, 2.45) is 0 Å². The van der Waals surface area contributed by atoms with E-state index in [1.165, 1.54) is 24.3 Å². The van der Waals surface area contributed by atoms with Crippen LogP contribution in [0.15, 0.2) is 30.3 Å². The van der Waals surface area contributed by atoms with E-state index in [-0.39, 0.29) is 21.2 Å². The van der Waals surface area contributed by atoms with Crippen LogP contribution in [0.3, 0.4) is 0 Å². The molecular formula is C15H9Cl2FO3. The van der Waals surface area contributed by atoms with Gasteiger partial charge in [-0.25, -0.2) is 4.39 Å². The maximum Gasteiger partial charge on any atom is 0.196 e. The fraction of sp³-hybridized carbons (Fsp3) is 0.133. The summed E-state index contributed by atoms with van der Waals surface area (Å²) in [6.45, 7) is 0.833. The van der Waals surface area contributed by atoms with E-state index in [9.17, 15) is 9.18 Å². The number of hydrogen-bond acceptors (Lipinski definition) is 3. The van der Waals surface area contributed by atoms with Gasteiger partial charge in [-0.1, -0.05) is 23.2 Å². The predicted octanol–water partition coefficient (Wildman–Crippen LogP) is 4.13. The van der Waals surface area contributed by atoms with Gasteiger partial charge in [0.2, 0.25) is 0 Å². The number of hydrogen-bond donors (Lipinski definition) is 0. The van der Waals surface area contributed by atoms with Gasteiger partial charge in [-0.3, -0.25) is 4.79 Å². The number of carbonyl (C=O) groups is 1. The normalized spacial score (nSPS) is 13.1. The number of halogens is 3. The Labute approximate surface area is 130 Å². The van der Waals surface area contributed by atoms with E-state index in [1.54, 1.807) is 0 Å². The second-order valence-electron chi connectivity index (χ2n) is 4.43. The molecule has 0 bridgehead atoms. The average Bonchev–Trinajstić information content (AvgIpc) is 2.46. The summed E-state index contributed by atoms with van der Waals surface area (Å²) < 4.78 is 23.9. The van der Waals surface area contributed by atoms with Crippen LogP contribution >= 0.6 is 23.2 Å². The lowest BCUT2D eigenvalue weighted by molar-refractivity contribution is 0.103. The Morgan fingerprint density at radius 3 is 2.24 bits per heavy atom. The van der Waals surface area contributed by atoms with Crippen molar-refractivity contribution < 1.29 is 18.7 Å². The third kappa shape index (κ3) is 2.69. The van der Waals surface area contributed by atoms with E-state index in [2.05, 4.69) is 0 Å². The van der Waals surface area contributed by atoms with Crippen LogP contribution in [0.5, 0.6) is 11.5 Å². The quantitative estimate of drug-likeness (QED) is 0.778. The molecule has 1 heterocycles. The summed E-state index contributed by atoms with van der Waals surface area (Å²) in [4.78, 5) is 12.5. The molecule has 0 aromatic heterocycles. The summed E-state index contributed by atoms with van der Waals surface area (Å²) in [5.74, 6) is 0.0343. The van der Waals surface area contributed by atoms with Crippen LogP contribution < -0.4 is 9.47 Å². The number of rotatable bonds is 2. The Bertz CT molecular complexity index is 731. The van der Waals surface area contributed by atoms with E-state index in [0.717, 1.165) is 6.07 Å². The van der Waals surface area contributed by atoms with Gasteiger partial charge in [0.05, 0.1) is 10.0 Å². The Morgan fingerprint density at radius 1 is 0.952 bits per heavy atom. The average molecular weight is 327 g/mol. The molecule has 108 valence electrons. The molecule has 0 unspecified atom stereocenters. The first-order valence-electron chi connectivity index (χ1n) is 6.15. The Hall–Kier alpha value is -1.78. The molecule has 1 aliphatic rings. The second-order valence-corrected chi connectivity index (χ2v) is 5.24. The Morgan fingerprint density at radius 2 is 1.57 bits per heavy atom. The molecule has 0 aliphatic carbocycles. The summed E-state index contributed by atoms with van der Waals surface area (Å²) in [5.41, 5.74) is 0.408. The maximum atomic E-state index is 13.1. The standard InChI is InChI=1S/C15H9Cl2FO3/c16-11-5-8(18)1-2-9(11)15(19)10-6-13-14(7-12(10)17)21-4-3-20-13/h1-2,5-7H,3-4H2. The highest BCUT2D eigenvalue weighted by molar-refractivity contribution is 6.38. The molecule has 21 heavy (non-hydrogen) atoms. The number of ether oxygens (including phenoxy) is 2. The lowest BCUT2D eigenvalue weighted by Crippen LogP contribution is -2.16. The van der Waals surface area contributed by atoms with Crippen molar-refractivity contribution in [2.75, 3.05) is 13.2 Å². The highest BCUT2D eigenvalue weighted by atomic mass is 35.5. The Balaban J connectivity index is 2.05. The zero-order valence-corrected chi connectivity index (χ0v) is 12.2. The first kappa shape index (κ1) is 14.2.